The van der Waals surface area contributed by atoms with E-state index in [-0.39, 0.29) is 35.0 Å². The van der Waals surface area contributed by atoms with Gasteiger partial charge in [0.15, 0.2) is 0 Å². The van der Waals surface area contributed by atoms with Crippen molar-refractivity contribution < 1.29 is 23.5 Å². The highest BCUT2D eigenvalue weighted by Crippen LogP contribution is 2.37. The Morgan fingerprint density at radius 2 is 1.72 bits per heavy atom. The van der Waals surface area contributed by atoms with Crippen LogP contribution in [0, 0.1) is 0 Å². The third-order valence-corrected chi connectivity index (χ3v) is 5.02. The Hall–Kier alpha value is -3.55. The molecule has 2 heterocycles. The van der Waals surface area contributed by atoms with E-state index in [2.05, 4.69) is 5.10 Å². The number of rotatable bonds is 4. The van der Waals surface area contributed by atoms with Gasteiger partial charge in [-0.3, -0.25) is 9.48 Å². The molecule has 0 saturated carbocycles. The third-order valence-electron chi connectivity index (χ3n) is 5.02. The Labute approximate surface area is 165 Å². The fourth-order valence-electron chi connectivity index (χ4n) is 3.51. The monoisotopic (exact) mass is 397 g/mol. The molecule has 0 saturated heterocycles. The molecule has 1 aliphatic heterocycles. The molecular weight excluding hydrogens is 380 g/mol. The Bertz CT molecular complexity index is 1080. The maximum atomic E-state index is 14.7. The molecule has 148 valence electrons. The molecule has 1 atom stereocenters. The molecule has 1 aliphatic rings. The molecule has 2 aromatic carbocycles. The number of fused-ring (bicyclic) bond motifs is 1. The Morgan fingerprint density at radius 1 is 1.10 bits per heavy atom. The molecule has 0 fully saturated rings. The van der Waals surface area contributed by atoms with Gasteiger partial charge in [0.2, 0.25) is 0 Å². The number of aromatic carboxylic acids is 1. The number of carbonyl (C=O) groups excluding carboxylic acids is 1. The van der Waals surface area contributed by atoms with Crippen molar-refractivity contribution in [2.75, 3.05) is 11.4 Å². The molecule has 0 unspecified atom stereocenters. The summed E-state index contributed by atoms with van der Waals surface area (Å²) in [6.07, 6.45) is 1.15. The lowest BCUT2D eigenvalue weighted by Crippen LogP contribution is -2.43. The summed E-state index contributed by atoms with van der Waals surface area (Å²) in [6, 6.07) is 12.7. The molecule has 0 spiro atoms. The normalized spacial score (nSPS) is 16.6. The van der Waals surface area contributed by atoms with Crippen LogP contribution in [-0.4, -0.2) is 33.3 Å². The number of amides is 1. The zero-order valence-corrected chi connectivity index (χ0v) is 15.4. The summed E-state index contributed by atoms with van der Waals surface area (Å²) in [7, 11) is 0. The van der Waals surface area contributed by atoms with E-state index in [9.17, 15) is 23.5 Å². The van der Waals surface area contributed by atoms with E-state index in [0.29, 0.717) is 5.69 Å². The van der Waals surface area contributed by atoms with E-state index in [0.717, 1.165) is 6.20 Å². The number of hydrogen-bond acceptors (Lipinski definition) is 3. The smallest absolute Gasteiger partial charge is 0.339 e. The average molecular weight is 397 g/mol. The second-order valence-electron chi connectivity index (χ2n) is 6.91. The lowest BCUT2D eigenvalue weighted by molar-refractivity contribution is 0.0428. The summed E-state index contributed by atoms with van der Waals surface area (Å²) < 4.78 is 30.9. The predicted molar refractivity (Wildman–Crippen MR) is 101 cm³/mol. The van der Waals surface area contributed by atoms with E-state index in [4.69, 9.17) is 0 Å². The summed E-state index contributed by atoms with van der Waals surface area (Å²) in [5, 5.41) is 13.3. The first kappa shape index (κ1) is 18.8. The zero-order chi connectivity index (χ0) is 20.8. The molecular formula is C21H17F2N3O3. The van der Waals surface area contributed by atoms with E-state index in [1.165, 1.54) is 46.0 Å². The average Bonchev–Trinajstić information content (AvgIpc) is 3.18. The van der Waals surface area contributed by atoms with Crippen molar-refractivity contribution in [1.29, 1.82) is 0 Å². The molecule has 0 aliphatic carbocycles. The van der Waals surface area contributed by atoms with Crippen LogP contribution in [0.3, 0.4) is 0 Å². The largest absolute Gasteiger partial charge is 0.478 e. The molecule has 29 heavy (non-hydrogen) atoms. The topological polar surface area (TPSA) is 75.4 Å². The van der Waals surface area contributed by atoms with Gasteiger partial charge >= 0.3 is 5.97 Å². The minimum Gasteiger partial charge on any atom is -0.478 e. The molecule has 3 aromatic rings. The number of carboxylic acid groups (broad SMARTS) is 1. The molecule has 6 nitrogen and oxygen atoms in total. The quantitative estimate of drug-likeness (QED) is 0.724. The predicted octanol–water partition coefficient (Wildman–Crippen LogP) is 3.94. The van der Waals surface area contributed by atoms with Crippen LogP contribution in [-0.2, 0) is 5.92 Å². The van der Waals surface area contributed by atoms with Crippen molar-refractivity contribution in [2.45, 2.75) is 18.9 Å². The number of aromatic nitrogens is 2. The second-order valence-corrected chi connectivity index (χ2v) is 6.91. The minimum absolute atomic E-state index is 0.0186. The van der Waals surface area contributed by atoms with E-state index < -0.39 is 17.8 Å². The number of hydrogen-bond donors (Lipinski definition) is 1. The lowest BCUT2D eigenvalue weighted by atomic mass is 10.00. The Kier molecular flexibility index (Phi) is 4.41. The minimum atomic E-state index is -3.17. The van der Waals surface area contributed by atoms with Gasteiger partial charge in [0.05, 0.1) is 12.2 Å². The summed E-state index contributed by atoms with van der Waals surface area (Å²) in [5.74, 6) is -4.94. The lowest BCUT2D eigenvalue weighted by Gasteiger charge is -2.32. The van der Waals surface area contributed by atoms with Crippen molar-refractivity contribution in [3.63, 3.8) is 0 Å². The van der Waals surface area contributed by atoms with Crippen LogP contribution in [0.4, 0.5) is 14.5 Å². The van der Waals surface area contributed by atoms with Gasteiger partial charge in [-0.1, -0.05) is 42.5 Å². The van der Waals surface area contributed by atoms with E-state index >= 15 is 0 Å². The van der Waals surface area contributed by atoms with Gasteiger partial charge in [0.25, 0.3) is 11.8 Å². The van der Waals surface area contributed by atoms with Crippen molar-refractivity contribution in [2.24, 2.45) is 0 Å². The molecule has 4 rings (SSSR count). The van der Waals surface area contributed by atoms with Crippen molar-refractivity contribution >= 4 is 17.6 Å². The first-order valence-electron chi connectivity index (χ1n) is 8.97. The van der Waals surface area contributed by atoms with Gasteiger partial charge in [-0.25, -0.2) is 4.79 Å². The highest BCUT2D eigenvalue weighted by atomic mass is 19.3. The summed E-state index contributed by atoms with van der Waals surface area (Å²) in [4.78, 5) is 25.7. The molecule has 1 amide bonds. The van der Waals surface area contributed by atoms with Gasteiger partial charge in [-0.05, 0) is 19.1 Å². The summed E-state index contributed by atoms with van der Waals surface area (Å²) >= 11 is 0. The van der Waals surface area contributed by atoms with E-state index in [1.807, 2.05) is 0 Å². The van der Waals surface area contributed by atoms with Crippen LogP contribution >= 0.6 is 0 Å². The van der Waals surface area contributed by atoms with Gasteiger partial charge in [0, 0.05) is 23.4 Å². The Morgan fingerprint density at radius 3 is 2.34 bits per heavy atom. The van der Waals surface area contributed by atoms with Gasteiger partial charge in [0.1, 0.15) is 11.3 Å². The number of nitrogens with zero attached hydrogens (tertiary/aromatic N) is 3. The fraction of sp³-hybridized carbons (Fsp3) is 0.190. The maximum Gasteiger partial charge on any atom is 0.339 e. The number of carboxylic acids is 1. The van der Waals surface area contributed by atoms with Crippen molar-refractivity contribution in [1.82, 2.24) is 9.78 Å². The molecule has 0 radical (unpaired) electrons. The molecule has 0 bridgehead atoms. The van der Waals surface area contributed by atoms with Gasteiger partial charge in [-0.2, -0.15) is 13.9 Å². The summed E-state index contributed by atoms with van der Waals surface area (Å²) in [6.45, 7) is 2.06. The number of anilines is 1. The molecule has 1 N–H and O–H groups in total. The highest BCUT2D eigenvalue weighted by molar-refractivity contribution is 6.11. The van der Waals surface area contributed by atoms with Crippen LogP contribution in [0.15, 0.2) is 60.8 Å². The SMILES string of the molecule is C[C@H]1CN(c2ccc(C(F)(F)c3ccccc3)cc2)C(=O)c2c(C(=O)O)cnn21. The van der Waals surface area contributed by atoms with Crippen molar-refractivity contribution in [3.05, 3.63) is 83.2 Å². The fourth-order valence-corrected chi connectivity index (χ4v) is 3.51. The number of carbonyl (C=O) groups is 2. The second kappa shape index (κ2) is 6.80. The van der Waals surface area contributed by atoms with E-state index in [1.54, 1.807) is 25.1 Å². The molecule has 1 aromatic heterocycles. The highest BCUT2D eigenvalue weighted by Gasteiger charge is 2.36. The standard InChI is InChI=1S/C21H17F2N3O3/c1-13-12-25(19(27)18-17(20(28)29)11-24-26(13)18)16-9-7-15(8-10-16)21(22,23)14-5-3-2-4-6-14/h2-11,13H,12H2,1H3,(H,28,29)/t13-/m0/s1. The maximum absolute atomic E-state index is 14.7. The molecule has 8 heteroatoms. The third kappa shape index (κ3) is 3.06. The van der Waals surface area contributed by atoms with Gasteiger partial charge in [-0.15, -0.1) is 0 Å². The van der Waals surface area contributed by atoms with Crippen LogP contribution in [0.1, 0.15) is 44.9 Å². The number of benzene rings is 2. The van der Waals surface area contributed by atoms with Crippen LogP contribution in [0.25, 0.3) is 0 Å². The van der Waals surface area contributed by atoms with Crippen LogP contribution < -0.4 is 4.90 Å². The number of halogens is 2. The van der Waals surface area contributed by atoms with Gasteiger partial charge < -0.3 is 10.0 Å². The summed E-state index contributed by atoms with van der Waals surface area (Å²) in [5.41, 5.74) is -0.0985. The van der Waals surface area contributed by atoms with Crippen LogP contribution in [0.2, 0.25) is 0 Å². The van der Waals surface area contributed by atoms with Crippen LogP contribution in [0.5, 0.6) is 0 Å². The zero-order valence-electron chi connectivity index (χ0n) is 15.4. The Balaban J connectivity index is 1.67. The van der Waals surface area contributed by atoms with Crippen molar-refractivity contribution in [3.8, 4) is 0 Å². The first-order chi connectivity index (χ1) is 13.8. The number of alkyl halides is 2. The first-order valence-corrected chi connectivity index (χ1v) is 8.97.